The van der Waals surface area contributed by atoms with E-state index in [1.807, 2.05) is 6.92 Å². The molecule has 138 valence electrons. The Bertz CT molecular complexity index is 779. The number of hydrogen-bond acceptors (Lipinski definition) is 5. The zero-order chi connectivity index (χ0) is 19.2. The van der Waals surface area contributed by atoms with Crippen LogP contribution in [0.15, 0.2) is 35.6 Å². The Balaban J connectivity index is 2.43. The monoisotopic (exact) mass is 399 g/mol. The summed E-state index contributed by atoms with van der Waals surface area (Å²) in [5.74, 6) is 0.472. The Morgan fingerprint density at radius 3 is 2.73 bits per heavy atom. The van der Waals surface area contributed by atoms with E-state index >= 15 is 0 Å². The Morgan fingerprint density at radius 2 is 2.15 bits per heavy atom. The third-order valence-corrected chi connectivity index (χ3v) is 6.25. The van der Waals surface area contributed by atoms with Gasteiger partial charge in [-0.25, -0.2) is 4.98 Å². The molecule has 0 fully saturated rings. The summed E-state index contributed by atoms with van der Waals surface area (Å²) in [5.41, 5.74) is -1.10. The highest BCUT2D eigenvalue weighted by molar-refractivity contribution is 8.12. The lowest BCUT2D eigenvalue weighted by Crippen LogP contribution is -2.12. The van der Waals surface area contributed by atoms with Gasteiger partial charge in [0.15, 0.2) is 5.08 Å². The van der Waals surface area contributed by atoms with Gasteiger partial charge in [-0.15, -0.1) is 0 Å². The second-order valence-electron chi connectivity index (χ2n) is 5.35. The molecule has 1 atom stereocenters. The summed E-state index contributed by atoms with van der Waals surface area (Å²) in [5, 5.41) is 9.27. The molecule has 0 saturated carbocycles. The highest BCUT2D eigenvalue weighted by atomic mass is 32.3. The molecule has 2 aromatic heterocycles. The number of thioether (sulfide) groups is 1. The van der Waals surface area contributed by atoms with Gasteiger partial charge in [0.05, 0.1) is 16.8 Å². The maximum Gasteiger partial charge on any atom is 0.417 e. The van der Waals surface area contributed by atoms with E-state index in [0.717, 1.165) is 30.7 Å². The molecule has 1 unspecified atom stereocenters. The van der Waals surface area contributed by atoms with Crippen LogP contribution in [0.1, 0.15) is 30.9 Å². The molecular formula is C17H16F3N3OS2. The third kappa shape index (κ3) is 5.37. The van der Waals surface area contributed by atoms with Crippen LogP contribution in [-0.4, -0.2) is 25.4 Å². The van der Waals surface area contributed by atoms with E-state index in [-0.39, 0.29) is 15.8 Å². The molecular weight excluding hydrogens is 383 g/mol. The fraction of sp³-hybridized carbons (Fsp3) is 0.353. The first kappa shape index (κ1) is 20.6. The molecule has 0 aromatic carbocycles. The van der Waals surface area contributed by atoms with Crippen molar-refractivity contribution >= 4 is 22.9 Å². The fourth-order valence-electron chi connectivity index (χ4n) is 2.11. The summed E-state index contributed by atoms with van der Waals surface area (Å²) in [6, 6.07) is 5.64. The van der Waals surface area contributed by atoms with Crippen molar-refractivity contribution < 1.29 is 17.7 Å². The van der Waals surface area contributed by atoms with Gasteiger partial charge in [0, 0.05) is 18.0 Å². The van der Waals surface area contributed by atoms with Crippen molar-refractivity contribution in [2.24, 2.45) is 0 Å². The van der Waals surface area contributed by atoms with Crippen LogP contribution in [-0.2, 0) is 17.4 Å². The summed E-state index contributed by atoms with van der Waals surface area (Å²) in [4.78, 5) is 8.10. The summed E-state index contributed by atoms with van der Waals surface area (Å²) in [6.07, 6.45) is -0.129. The largest absolute Gasteiger partial charge is 0.616 e. The number of halogens is 3. The van der Waals surface area contributed by atoms with Crippen LogP contribution in [0.2, 0.25) is 0 Å². The zero-order valence-corrected chi connectivity index (χ0v) is 15.5. The van der Waals surface area contributed by atoms with Gasteiger partial charge >= 0.3 is 6.18 Å². The number of pyridine rings is 2. The molecule has 0 radical (unpaired) electrons. The Labute approximate surface area is 157 Å². The van der Waals surface area contributed by atoms with E-state index in [0.29, 0.717) is 11.3 Å². The molecule has 4 nitrogen and oxygen atoms in total. The van der Waals surface area contributed by atoms with E-state index in [2.05, 4.69) is 9.97 Å². The van der Waals surface area contributed by atoms with Crippen LogP contribution in [0.5, 0.6) is 0 Å². The molecule has 2 heterocycles. The highest BCUT2D eigenvalue weighted by Crippen LogP contribution is 2.38. The normalized spacial score (nSPS) is 12.6. The van der Waals surface area contributed by atoms with Crippen molar-refractivity contribution in [2.45, 2.75) is 31.0 Å². The van der Waals surface area contributed by atoms with Gasteiger partial charge in [0.1, 0.15) is 16.8 Å². The van der Waals surface area contributed by atoms with Crippen LogP contribution < -0.4 is 0 Å². The van der Waals surface area contributed by atoms with Crippen LogP contribution in [0, 0.1) is 11.3 Å². The van der Waals surface area contributed by atoms with Gasteiger partial charge in [-0.2, -0.15) is 18.4 Å². The van der Waals surface area contributed by atoms with Gasteiger partial charge in [-0.3, -0.25) is 4.98 Å². The topological polar surface area (TPSA) is 72.6 Å². The lowest BCUT2D eigenvalue weighted by atomic mass is 10.1. The number of unbranched alkanes of at least 4 members (excludes halogenated alkanes) is 1. The van der Waals surface area contributed by atoms with Crippen LogP contribution in [0.25, 0.3) is 11.3 Å². The standard InChI is InChI=1S/C17H16F3N3OS2/c1-2-3-7-26(24)11-25-16-13(9-21)14(17(18,19)20)8-15(23-16)12-5-4-6-22-10-12/h4-6,8,10H,2-3,7,11H2,1H3. The molecule has 0 amide bonds. The van der Waals surface area contributed by atoms with E-state index in [4.69, 9.17) is 0 Å². The zero-order valence-electron chi connectivity index (χ0n) is 13.9. The Hall–Kier alpha value is -1.76. The molecule has 0 aliphatic rings. The number of aromatic nitrogens is 2. The Kier molecular flexibility index (Phi) is 7.32. The predicted molar refractivity (Wildman–Crippen MR) is 95.8 cm³/mol. The number of nitrogens with zero attached hydrogens (tertiary/aromatic N) is 3. The molecule has 0 N–H and O–H groups in total. The molecule has 0 spiro atoms. The van der Waals surface area contributed by atoms with Gasteiger partial charge in [-0.1, -0.05) is 25.1 Å². The molecule has 2 rings (SSSR count). The molecule has 26 heavy (non-hydrogen) atoms. The predicted octanol–water partition coefficient (Wildman–Crippen LogP) is 4.63. The molecule has 0 saturated heterocycles. The van der Waals surface area contributed by atoms with Crippen molar-refractivity contribution in [3.8, 4) is 17.3 Å². The Morgan fingerprint density at radius 1 is 1.38 bits per heavy atom. The van der Waals surface area contributed by atoms with Crippen molar-refractivity contribution in [2.75, 3.05) is 10.8 Å². The van der Waals surface area contributed by atoms with E-state index in [9.17, 15) is 23.0 Å². The first-order chi connectivity index (χ1) is 12.4. The maximum absolute atomic E-state index is 13.4. The van der Waals surface area contributed by atoms with E-state index in [1.54, 1.807) is 18.2 Å². The van der Waals surface area contributed by atoms with Crippen LogP contribution in [0.3, 0.4) is 0 Å². The van der Waals surface area contributed by atoms with Gasteiger partial charge in [0.25, 0.3) is 0 Å². The SMILES string of the molecule is CCCC[S+]([O-])CSc1nc(-c2cccnc2)cc(C(F)(F)F)c1C#N. The van der Waals surface area contributed by atoms with Gasteiger partial charge < -0.3 is 4.55 Å². The summed E-state index contributed by atoms with van der Waals surface area (Å²) in [6.45, 7) is 1.96. The smallest absolute Gasteiger partial charge is 0.417 e. The minimum Gasteiger partial charge on any atom is -0.616 e. The lowest BCUT2D eigenvalue weighted by Gasteiger charge is -2.15. The molecule has 2 aromatic rings. The van der Waals surface area contributed by atoms with Crippen LogP contribution in [0.4, 0.5) is 13.2 Å². The second kappa shape index (κ2) is 9.26. The van der Waals surface area contributed by atoms with Crippen molar-refractivity contribution in [1.29, 1.82) is 5.26 Å². The summed E-state index contributed by atoms with van der Waals surface area (Å²) < 4.78 is 52.2. The lowest BCUT2D eigenvalue weighted by molar-refractivity contribution is -0.138. The van der Waals surface area contributed by atoms with Crippen molar-refractivity contribution in [1.82, 2.24) is 9.97 Å². The molecule has 0 aliphatic heterocycles. The number of alkyl halides is 3. The average Bonchev–Trinajstić information content (AvgIpc) is 2.63. The molecule has 0 aliphatic carbocycles. The first-order valence-corrected chi connectivity index (χ1v) is 10.2. The number of nitriles is 1. The van der Waals surface area contributed by atoms with Crippen molar-refractivity contribution in [3.05, 3.63) is 41.7 Å². The average molecular weight is 399 g/mol. The molecule has 9 heteroatoms. The maximum atomic E-state index is 13.4. The van der Waals surface area contributed by atoms with Gasteiger partial charge in [0.2, 0.25) is 0 Å². The van der Waals surface area contributed by atoms with Crippen molar-refractivity contribution in [3.63, 3.8) is 0 Å². The van der Waals surface area contributed by atoms with Gasteiger partial charge in [-0.05, 0) is 35.8 Å². The minimum atomic E-state index is -4.69. The van der Waals surface area contributed by atoms with E-state index in [1.165, 1.54) is 12.4 Å². The molecule has 0 bridgehead atoms. The quantitative estimate of drug-likeness (QED) is 0.501. The minimum absolute atomic E-state index is 0.0639. The fourth-order valence-corrected chi connectivity index (χ4v) is 4.62. The van der Waals surface area contributed by atoms with Crippen LogP contribution >= 0.6 is 11.8 Å². The summed E-state index contributed by atoms with van der Waals surface area (Å²) in [7, 11) is 0. The first-order valence-electron chi connectivity index (χ1n) is 7.77. The number of rotatable bonds is 7. The third-order valence-electron chi connectivity index (χ3n) is 3.41. The summed E-state index contributed by atoms with van der Waals surface area (Å²) >= 11 is -0.274. The highest BCUT2D eigenvalue weighted by Gasteiger charge is 2.36. The second-order valence-corrected chi connectivity index (χ2v) is 8.25. The van der Waals surface area contributed by atoms with E-state index < -0.39 is 28.5 Å². The number of hydrogen-bond donors (Lipinski definition) is 0.